The summed E-state index contributed by atoms with van der Waals surface area (Å²) >= 11 is 0. The highest BCUT2D eigenvalue weighted by Crippen LogP contribution is 2.33. The van der Waals surface area contributed by atoms with Crippen molar-refractivity contribution in [1.29, 1.82) is 0 Å². The lowest BCUT2D eigenvalue weighted by atomic mass is 10.0. The molecule has 0 atom stereocenters. The molecular formula is C14H13S+. The SMILES string of the molecule is C[S+]1c2ccccc2Cc2ccccc21. The second kappa shape index (κ2) is 3.42. The van der Waals surface area contributed by atoms with Crippen molar-refractivity contribution in [3.8, 4) is 0 Å². The molecule has 2 aromatic rings. The molecule has 0 bridgehead atoms. The average Bonchev–Trinajstić information content (AvgIpc) is 2.30. The molecule has 0 unspecified atom stereocenters. The third kappa shape index (κ3) is 1.38. The molecule has 0 radical (unpaired) electrons. The van der Waals surface area contributed by atoms with Crippen LogP contribution >= 0.6 is 0 Å². The molecule has 0 saturated heterocycles. The van der Waals surface area contributed by atoms with Gasteiger partial charge in [0.25, 0.3) is 0 Å². The van der Waals surface area contributed by atoms with Gasteiger partial charge in [-0.15, -0.1) is 0 Å². The number of rotatable bonds is 0. The summed E-state index contributed by atoms with van der Waals surface area (Å²) in [6.45, 7) is 0. The van der Waals surface area contributed by atoms with E-state index >= 15 is 0 Å². The Labute approximate surface area is 93.3 Å². The average molecular weight is 213 g/mol. The Bertz CT molecular complexity index is 457. The zero-order chi connectivity index (χ0) is 10.3. The van der Waals surface area contributed by atoms with Gasteiger partial charge in [0.15, 0.2) is 9.79 Å². The van der Waals surface area contributed by atoms with Gasteiger partial charge in [0.05, 0.1) is 10.9 Å². The van der Waals surface area contributed by atoms with Crippen LogP contribution in [0.2, 0.25) is 0 Å². The molecule has 0 aromatic heterocycles. The summed E-state index contributed by atoms with van der Waals surface area (Å²) in [7, 11) is 0.260. The molecule has 1 heterocycles. The van der Waals surface area contributed by atoms with Crippen molar-refractivity contribution >= 4 is 10.9 Å². The Balaban J connectivity index is 2.20. The van der Waals surface area contributed by atoms with Gasteiger partial charge < -0.3 is 0 Å². The van der Waals surface area contributed by atoms with Gasteiger partial charge in [-0.1, -0.05) is 36.4 Å². The third-order valence-corrected chi connectivity index (χ3v) is 5.10. The number of hydrogen-bond donors (Lipinski definition) is 0. The highest BCUT2D eigenvalue weighted by Gasteiger charge is 2.30. The van der Waals surface area contributed by atoms with Crippen molar-refractivity contribution in [2.45, 2.75) is 16.2 Å². The van der Waals surface area contributed by atoms with Gasteiger partial charge in [0, 0.05) is 17.5 Å². The third-order valence-electron chi connectivity index (χ3n) is 2.99. The number of hydrogen-bond acceptors (Lipinski definition) is 0. The number of benzene rings is 2. The van der Waals surface area contributed by atoms with Gasteiger partial charge in [-0.3, -0.25) is 0 Å². The minimum absolute atomic E-state index is 0.260. The highest BCUT2D eigenvalue weighted by atomic mass is 32.2. The van der Waals surface area contributed by atoms with Gasteiger partial charge in [0.2, 0.25) is 0 Å². The second-order valence-electron chi connectivity index (χ2n) is 3.90. The fourth-order valence-corrected chi connectivity index (χ4v) is 4.09. The van der Waals surface area contributed by atoms with E-state index < -0.39 is 0 Å². The summed E-state index contributed by atoms with van der Waals surface area (Å²) in [5.74, 6) is 0. The normalized spacial score (nSPS) is 14.5. The summed E-state index contributed by atoms with van der Waals surface area (Å²) in [4.78, 5) is 3.05. The zero-order valence-corrected chi connectivity index (χ0v) is 9.55. The molecule has 2 aromatic carbocycles. The van der Waals surface area contributed by atoms with Crippen molar-refractivity contribution in [2.24, 2.45) is 0 Å². The van der Waals surface area contributed by atoms with Crippen molar-refractivity contribution in [3.05, 3.63) is 59.7 Å². The fraction of sp³-hybridized carbons (Fsp3) is 0.143. The summed E-state index contributed by atoms with van der Waals surface area (Å²) in [5.41, 5.74) is 3.00. The van der Waals surface area contributed by atoms with Crippen molar-refractivity contribution in [1.82, 2.24) is 0 Å². The first-order chi connectivity index (χ1) is 7.36. The molecule has 0 nitrogen and oxygen atoms in total. The maximum atomic E-state index is 2.33. The van der Waals surface area contributed by atoms with E-state index in [9.17, 15) is 0 Å². The van der Waals surface area contributed by atoms with Crippen LogP contribution < -0.4 is 0 Å². The summed E-state index contributed by atoms with van der Waals surface area (Å²) < 4.78 is 0. The van der Waals surface area contributed by atoms with Crippen LogP contribution in [0.4, 0.5) is 0 Å². The molecule has 3 rings (SSSR count). The molecule has 1 aliphatic rings. The molecule has 15 heavy (non-hydrogen) atoms. The van der Waals surface area contributed by atoms with Crippen molar-refractivity contribution in [3.63, 3.8) is 0 Å². The van der Waals surface area contributed by atoms with E-state index in [2.05, 4.69) is 54.8 Å². The van der Waals surface area contributed by atoms with E-state index in [0.29, 0.717) is 0 Å². The van der Waals surface area contributed by atoms with Crippen LogP contribution in [-0.2, 0) is 17.3 Å². The predicted octanol–water partition coefficient (Wildman–Crippen LogP) is 3.26. The molecule has 0 aliphatic carbocycles. The Kier molecular flexibility index (Phi) is 2.06. The van der Waals surface area contributed by atoms with E-state index in [0.717, 1.165) is 6.42 Å². The van der Waals surface area contributed by atoms with Crippen molar-refractivity contribution in [2.75, 3.05) is 6.26 Å². The van der Waals surface area contributed by atoms with Crippen LogP contribution in [0.25, 0.3) is 0 Å². The Morgan fingerprint density at radius 2 is 1.27 bits per heavy atom. The lowest BCUT2D eigenvalue weighted by Gasteiger charge is -2.16. The molecule has 0 saturated carbocycles. The van der Waals surface area contributed by atoms with E-state index in [1.54, 1.807) is 0 Å². The quantitative estimate of drug-likeness (QED) is 0.589. The van der Waals surface area contributed by atoms with Gasteiger partial charge >= 0.3 is 0 Å². The standard InChI is InChI=1S/C14H13S/c1-15-13-8-4-2-6-11(13)10-12-7-3-5-9-14(12)15/h2-9H,10H2,1H3/q+1. The van der Waals surface area contributed by atoms with Crippen LogP contribution in [0.1, 0.15) is 11.1 Å². The van der Waals surface area contributed by atoms with Crippen LogP contribution in [-0.4, -0.2) is 6.26 Å². The Morgan fingerprint density at radius 1 is 0.800 bits per heavy atom. The zero-order valence-electron chi connectivity index (χ0n) is 8.73. The largest absolute Gasteiger partial charge is 0.163 e. The van der Waals surface area contributed by atoms with E-state index in [1.807, 2.05) is 0 Å². The molecule has 0 amide bonds. The van der Waals surface area contributed by atoms with Crippen molar-refractivity contribution < 1.29 is 0 Å². The van der Waals surface area contributed by atoms with E-state index in [-0.39, 0.29) is 10.9 Å². The number of fused-ring (bicyclic) bond motifs is 2. The summed E-state index contributed by atoms with van der Waals surface area (Å²) in [5, 5.41) is 0. The van der Waals surface area contributed by atoms with Gasteiger partial charge in [-0.25, -0.2) is 0 Å². The van der Waals surface area contributed by atoms with Crippen LogP contribution in [0.15, 0.2) is 58.3 Å². The maximum absolute atomic E-state index is 2.33. The topological polar surface area (TPSA) is 0 Å². The minimum Gasteiger partial charge on any atom is -0.0616 e. The maximum Gasteiger partial charge on any atom is 0.163 e. The minimum atomic E-state index is 0.260. The Morgan fingerprint density at radius 3 is 1.80 bits per heavy atom. The molecule has 1 heteroatoms. The molecule has 74 valence electrons. The summed E-state index contributed by atoms with van der Waals surface area (Å²) in [6.07, 6.45) is 3.43. The van der Waals surface area contributed by atoms with Gasteiger partial charge in [0.1, 0.15) is 6.26 Å². The first-order valence-corrected chi connectivity index (χ1v) is 6.81. The van der Waals surface area contributed by atoms with Gasteiger partial charge in [-0.05, 0) is 12.1 Å². The van der Waals surface area contributed by atoms with Crippen LogP contribution in [0.3, 0.4) is 0 Å². The molecule has 1 aliphatic heterocycles. The lowest BCUT2D eigenvalue weighted by molar-refractivity contribution is 1.04. The fourth-order valence-electron chi connectivity index (χ4n) is 2.22. The predicted molar refractivity (Wildman–Crippen MR) is 65.5 cm³/mol. The Hall–Kier alpha value is -1.21. The van der Waals surface area contributed by atoms with Crippen LogP contribution in [0.5, 0.6) is 0 Å². The van der Waals surface area contributed by atoms with E-state index in [4.69, 9.17) is 0 Å². The lowest BCUT2D eigenvalue weighted by Crippen LogP contribution is -2.13. The van der Waals surface area contributed by atoms with Crippen LogP contribution in [0, 0.1) is 0 Å². The molecular weight excluding hydrogens is 200 g/mol. The first-order valence-electron chi connectivity index (χ1n) is 5.18. The highest BCUT2D eigenvalue weighted by molar-refractivity contribution is 7.96. The molecule has 0 fully saturated rings. The second-order valence-corrected chi connectivity index (χ2v) is 5.80. The smallest absolute Gasteiger partial charge is 0.0616 e. The molecule has 0 spiro atoms. The summed E-state index contributed by atoms with van der Waals surface area (Å²) in [6, 6.07) is 17.6. The monoisotopic (exact) mass is 213 g/mol. The van der Waals surface area contributed by atoms with E-state index in [1.165, 1.54) is 20.9 Å². The van der Waals surface area contributed by atoms with Gasteiger partial charge in [-0.2, -0.15) is 0 Å². The molecule has 0 N–H and O–H groups in total. The first kappa shape index (κ1) is 9.05.